The lowest BCUT2D eigenvalue weighted by atomic mass is 10.2. The molecule has 1 amide bonds. The molecular weight excluding hydrogens is 302 g/mol. The van der Waals surface area contributed by atoms with Crippen LogP contribution in [0.2, 0.25) is 5.02 Å². The van der Waals surface area contributed by atoms with Gasteiger partial charge in [-0.15, -0.1) is 0 Å². The summed E-state index contributed by atoms with van der Waals surface area (Å²) < 4.78 is 3.33. The van der Waals surface area contributed by atoms with Gasteiger partial charge in [-0.3, -0.25) is 14.2 Å². The number of rotatable bonds is 4. The van der Waals surface area contributed by atoms with Crippen LogP contribution >= 0.6 is 11.6 Å². The third-order valence-electron chi connectivity index (χ3n) is 3.10. The van der Waals surface area contributed by atoms with E-state index in [1.54, 1.807) is 41.1 Å². The molecule has 0 fully saturated rings. The summed E-state index contributed by atoms with van der Waals surface area (Å²) in [6, 6.07) is 9.22. The van der Waals surface area contributed by atoms with Gasteiger partial charge in [-0.2, -0.15) is 10.2 Å². The standard InChI is InChI=1S/C15H14ClN5O/c1-20-7-6-14(19-20)15(22)18-13-8-17-21(10-13)9-11-2-4-12(16)5-3-11/h2-8,10H,9H2,1H3,(H,18,22). The number of halogens is 1. The van der Waals surface area contributed by atoms with Gasteiger partial charge in [0.25, 0.3) is 5.91 Å². The van der Waals surface area contributed by atoms with Gasteiger partial charge in [-0.05, 0) is 23.8 Å². The van der Waals surface area contributed by atoms with Crippen LogP contribution in [0.3, 0.4) is 0 Å². The van der Waals surface area contributed by atoms with Gasteiger partial charge in [0.2, 0.25) is 0 Å². The van der Waals surface area contributed by atoms with Gasteiger partial charge in [-0.25, -0.2) is 0 Å². The van der Waals surface area contributed by atoms with E-state index in [2.05, 4.69) is 15.5 Å². The van der Waals surface area contributed by atoms with Crippen molar-refractivity contribution < 1.29 is 4.79 Å². The predicted molar refractivity (Wildman–Crippen MR) is 83.9 cm³/mol. The molecule has 0 bridgehead atoms. The van der Waals surface area contributed by atoms with Gasteiger partial charge in [0.1, 0.15) is 0 Å². The molecule has 0 unspecified atom stereocenters. The molecule has 0 aliphatic heterocycles. The van der Waals surface area contributed by atoms with E-state index in [9.17, 15) is 4.79 Å². The molecule has 0 saturated carbocycles. The summed E-state index contributed by atoms with van der Waals surface area (Å²) in [4.78, 5) is 12.0. The van der Waals surface area contributed by atoms with Crippen molar-refractivity contribution in [2.75, 3.05) is 5.32 Å². The second kappa shape index (κ2) is 6.03. The van der Waals surface area contributed by atoms with Crippen LogP contribution in [0, 0.1) is 0 Å². The first-order valence-electron chi connectivity index (χ1n) is 6.68. The highest BCUT2D eigenvalue weighted by molar-refractivity contribution is 6.30. The zero-order valence-corrected chi connectivity index (χ0v) is 12.7. The molecule has 2 heterocycles. The quantitative estimate of drug-likeness (QED) is 0.804. The Hall–Kier alpha value is -2.60. The van der Waals surface area contributed by atoms with Crippen LogP contribution < -0.4 is 5.32 Å². The third-order valence-corrected chi connectivity index (χ3v) is 3.35. The minimum absolute atomic E-state index is 0.258. The number of aromatic nitrogens is 4. The summed E-state index contributed by atoms with van der Waals surface area (Å²) >= 11 is 5.86. The van der Waals surface area contributed by atoms with Crippen molar-refractivity contribution in [2.24, 2.45) is 7.05 Å². The first-order valence-corrected chi connectivity index (χ1v) is 7.06. The lowest BCUT2D eigenvalue weighted by Crippen LogP contribution is -2.12. The summed E-state index contributed by atoms with van der Waals surface area (Å²) in [5, 5.41) is 11.8. The van der Waals surface area contributed by atoms with Crippen LogP contribution in [0.25, 0.3) is 0 Å². The minimum atomic E-state index is -0.258. The number of amides is 1. The Morgan fingerprint density at radius 3 is 2.73 bits per heavy atom. The molecule has 0 atom stereocenters. The van der Waals surface area contributed by atoms with Crippen molar-refractivity contribution in [3.63, 3.8) is 0 Å². The van der Waals surface area contributed by atoms with Crippen molar-refractivity contribution in [1.29, 1.82) is 0 Å². The van der Waals surface area contributed by atoms with Crippen molar-refractivity contribution in [2.45, 2.75) is 6.54 Å². The highest BCUT2D eigenvalue weighted by atomic mass is 35.5. The Morgan fingerprint density at radius 1 is 1.27 bits per heavy atom. The molecule has 7 heteroatoms. The topological polar surface area (TPSA) is 64.7 Å². The summed E-state index contributed by atoms with van der Waals surface area (Å²) in [7, 11) is 1.76. The third kappa shape index (κ3) is 3.35. The summed E-state index contributed by atoms with van der Waals surface area (Å²) in [6.07, 6.45) is 5.10. The van der Waals surface area contributed by atoms with Crippen molar-refractivity contribution in [1.82, 2.24) is 19.6 Å². The monoisotopic (exact) mass is 315 g/mol. The van der Waals surface area contributed by atoms with Gasteiger partial charge >= 0.3 is 0 Å². The van der Waals surface area contributed by atoms with Crippen molar-refractivity contribution in [3.8, 4) is 0 Å². The fraction of sp³-hybridized carbons (Fsp3) is 0.133. The van der Waals surface area contributed by atoms with E-state index < -0.39 is 0 Å². The van der Waals surface area contributed by atoms with Gasteiger partial charge in [0, 0.05) is 24.5 Å². The number of carbonyl (C=O) groups is 1. The molecule has 2 aromatic heterocycles. The molecule has 1 N–H and O–H groups in total. The van der Waals surface area contributed by atoms with E-state index in [0.717, 1.165) is 5.56 Å². The number of anilines is 1. The van der Waals surface area contributed by atoms with Crippen LogP contribution in [-0.2, 0) is 13.6 Å². The Kier molecular flexibility index (Phi) is 3.93. The zero-order chi connectivity index (χ0) is 15.5. The van der Waals surface area contributed by atoms with Gasteiger partial charge in [-0.1, -0.05) is 23.7 Å². The second-order valence-corrected chi connectivity index (χ2v) is 5.32. The van der Waals surface area contributed by atoms with E-state index in [-0.39, 0.29) is 5.91 Å². The van der Waals surface area contributed by atoms with E-state index in [1.165, 1.54) is 0 Å². The molecule has 3 rings (SSSR count). The fourth-order valence-electron chi connectivity index (χ4n) is 2.02. The molecule has 0 saturated heterocycles. The van der Waals surface area contributed by atoms with Gasteiger partial charge in [0.15, 0.2) is 5.69 Å². The Bertz CT molecular complexity index is 790. The number of hydrogen-bond donors (Lipinski definition) is 1. The zero-order valence-electron chi connectivity index (χ0n) is 11.9. The summed E-state index contributed by atoms with van der Waals surface area (Å²) in [5.41, 5.74) is 2.08. The normalized spacial score (nSPS) is 10.6. The Morgan fingerprint density at radius 2 is 2.05 bits per heavy atom. The number of benzene rings is 1. The number of carbonyl (C=O) groups excluding carboxylic acids is 1. The molecular formula is C15H14ClN5O. The maximum absolute atomic E-state index is 12.0. The first kappa shape index (κ1) is 14.3. The van der Waals surface area contributed by atoms with Crippen LogP contribution in [0.1, 0.15) is 16.1 Å². The van der Waals surface area contributed by atoms with Crippen LogP contribution in [0.4, 0.5) is 5.69 Å². The van der Waals surface area contributed by atoms with E-state index in [4.69, 9.17) is 11.6 Å². The van der Waals surface area contributed by atoms with E-state index >= 15 is 0 Å². The van der Waals surface area contributed by atoms with Crippen molar-refractivity contribution in [3.05, 3.63) is 65.2 Å². The summed E-state index contributed by atoms with van der Waals surface area (Å²) in [5.74, 6) is -0.258. The van der Waals surface area contributed by atoms with Crippen LogP contribution in [0.15, 0.2) is 48.9 Å². The molecule has 6 nitrogen and oxygen atoms in total. The molecule has 0 aliphatic rings. The van der Waals surface area contributed by atoms with E-state index in [0.29, 0.717) is 22.9 Å². The number of nitrogens with one attached hydrogen (secondary N) is 1. The first-order chi connectivity index (χ1) is 10.6. The lowest BCUT2D eigenvalue weighted by molar-refractivity contribution is 0.102. The fourth-order valence-corrected chi connectivity index (χ4v) is 2.15. The van der Waals surface area contributed by atoms with Gasteiger partial charge < -0.3 is 5.32 Å². The SMILES string of the molecule is Cn1ccc(C(=O)Nc2cnn(Cc3ccc(Cl)cc3)c2)n1. The average Bonchev–Trinajstić information content (AvgIpc) is 3.11. The maximum atomic E-state index is 12.0. The molecule has 22 heavy (non-hydrogen) atoms. The molecule has 3 aromatic rings. The van der Waals surface area contributed by atoms with Crippen LogP contribution in [0.5, 0.6) is 0 Å². The predicted octanol–water partition coefficient (Wildman–Crippen LogP) is 2.57. The molecule has 0 spiro atoms. The number of hydrogen-bond acceptors (Lipinski definition) is 3. The molecule has 0 aliphatic carbocycles. The van der Waals surface area contributed by atoms with Crippen molar-refractivity contribution >= 4 is 23.2 Å². The van der Waals surface area contributed by atoms with Crippen LogP contribution in [-0.4, -0.2) is 25.5 Å². The molecule has 0 radical (unpaired) electrons. The summed E-state index contributed by atoms with van der Waals surface area (Å²) in [6.45, 7) is 0.608. The Balaban J connectivity index is 1.66. The smallest absolute Gasteiger partial charge is 0.276 e. The van der Waals surface area contributed by atoms with E-state index in [1.807, 2.05) is 24.3 Å². The lowest BCUT2D eigenvalue weighted by Gasteiger charge is -2.02. The molecule has 112 valence electrons. The largest absolute Gasteiger partial charge is 0.318 e. The average molecular weight is 316 g/mol. The minimum Gasteiger partial charge on any atom is -0.318 e. The number of nitrogens with zero attached hydrogens (tertiary/aromatic N) is 4. The second-order valence-electron chi connectivity index (χ2n) is 4.88. The number of aryl methyl sites for hydroxylation is 1. The Labute approximate surface area is 132 Å². The highest BCUT2D eigenvalue weighted by Crippen LogP contribution is 2.12. The van der Waals surface area contributed by atoms with Gasteiger partial charge in [0.05, 0.1) is 18.4 Å². The maximum Gasteiger partial charge on any atom is 0.276 e. The molecule has 1 aromatic carbocycles. The highest BCUT2D eigenvalue weighted by Gasteiger charge is 2.10.